The fourth-order valence-corrected chi connectivity index (χ4v) is 2.41. The average molecular weight is 542 g/mol. The van der Waals surface area contributed by atoms with E-state index >= 15 is 0 Å². The number of alkyl halides is 15. The molecule has 0 bridgehead atoms. The van der Waals surface area contributed by atoms with E-state index in [9.17, 15) is 78.8 Å². The van der Waals surface area contributed by atoms with Crippen molar-refractivity contribution < 1.29 is 108 Å². The second kappa shape index (κ2) is 12.0. The number of hydrogen-bond donors (Lipinski definition) is 0. The second-order valence-corrected chi connectivity index (χ2v) is 7.30. The van der Waals surface area contributed by atoms with Crippen LogP contribution >= 0.6 is 0 Å². The molecule has 0 amide bonds. The van der Waals surface area contributed by atoms with Crippen LogP contribution < -0.4 is 29.6 Å². The van der Waals surface area contributed by atoms with Gasteiger partial charge in [-0.05, 0) is 0 Å². The zero-order valence-corrected chi connectivity index (χ0v) is 17.9. The Morgan fingerprint density at radius 3 is 1.09 bits per heavy atom. The molecule has 20 heteroatoms. The maximum Gasteiger partial charge on any atom is 1.00 e. The van der Waals surface area contributed by atoms with Crippen LogP contribution in [0.25, 0.3) is 0 Å². The summed E-state index contributed by atoms with van der Waals surface area (Å²) in [5.74, 6) is -13.8. The molecule has 3 nitrogen and oxygen atoms in total. The predicted molar refractivity (Wildman–Crippen MR) is 69.7 cm³/mol. The molecule has 188 valence electrons. The standard InChI is InChI=1S/C12H11F15O3S.Na/c13-1(3(15)5(17)7(19)9(21)22)2(14)4(16)6(18)8(20)11(24,25)12(26,27)10(23)31(28,29)30;/h1-10H,(H,28,29,30);/q;+1/p-1. The van der Waals surface area contributed by atoms with Crippen molar-refractivity contribution in [1.29, 1.82) is 0 Å². The Morgan fingerprint density at radius 1 is 0.531 bits per heavy atom. The van der Waals surface area contributed by atoms with E-state index in [0.29, 0.717) is 0 Å². The molecule has 0 rings (SSSR count). The minimum atomic E-state index is -6.94. The van der Waals surface area contributed by atoms with E-state index in [4.69, 9.17) is 0 Å². The van der Waals surface area contributed by atoms with Gasteiger partial charge in [-0.2, -0.15) is 17.6 Å². The molecule has 0 radical (unpaired) electrons. The Labute approximate surface area is 191 Å². The summed E-state index contributed by atoms with van der Waals surface area (Å²) in [5, 5.41) is 0. The van der Waals surface area contributed by atoms with Crippen molar-refractivity contribution in [3.8, 4) is 0 Å². The minimum Gasteiger partial charge on any atom is -0.746 e. The van der Waals surface area contributed by atoms with Gasteiger partial charge in [0.15, 0.2) is 43.2 Å². The van der Waals surface area contributed by atoms with Gasteiger partial charge in [-0.3, -0.25) is 0 Å². The Hall–Kier alpha value is -0.140. The zero-order chi connectivity index (χ0) is 25.3. The van der Waals surface area contributed by atoms with Crippen LogP contribution in [0.5, 0.6) is 0 Å². The first-order valence-corrected chi connectivity index (χ1v) is 8.86. The van der Waals surface area contributed by atoms with Crippen molar-refractivity contribution in [3.63, 3.8) is 0 Å². The molecule has 9 unspecified atom stereocenters. The van der Waals surface area contributed by atoms with Gasteiger partial charge in [0.25, 0.3) is 11.9 Å². The zero-order valence-electron chi connectivity index (χ0n) is 15.1. The van der Waals surface area contributed by atoms with E-state index in [1.165, 1.54) is 0 Å². The molecule has 9 atom stereocenters. The second-order valence-electron chi connectivity index (χ2n) is 5.90. The smallest absolute Gasteiger partial charge is 0.746 e. The third-order valence-electron chi connectivity index (χ3n) is 3.67. The summed E-state index contributed by atoms with van der Waals surface area (Å²) in [7, 11) is -6.94. The largest absolute Gasteiger partial charge is 1.00 e. The van der Waals surface area contributed by atoms with E-state index < -0.39 is 83.3 Å². The summed E-state index contributed by atoms with van der Waals surface area (Å²) in [6, 6.07) is 0. The molecule has 0 N–H and O–H groups in total. The molecule has 0 aliphatic rings. The van der Waals surface area contributed by atoms with Gasteiger partial charge in [0.1, 0.15) is 10.1 Å². The molecule has 0 aromatic rings. The maximum absolute atomic E-state index is 13.4. The van der Waals surface area contributed by atoms with Crippen LogP contribution in [-0.2, 0) is 10.1 Å². The molecule has 0 aromatic heterocycles. The summed E-state index contributed by atoms with van der Waals surface area (Å²) < 4.78 is 225. The van der Waals surface area contributed by atoms with Gasteiger partial charge in [0.2, 0.25) is 6.17 Å². The van der Waals surface area contributed by atoms with Crippen LogP contribution in [0.15, 0.2) is 0 Å². The van der Waals surface area contributed by atoms with E-state index in [1.54, 1.807) is 0 Å². The van der Waals surface area contributed by atoms with E-state index in [-0.39, 0.29) is 29.6 Å². The summed E-state index contributed by atoms with van der Waals surface area (Å²) >= 11 is 0. The van der Waals surface area contributed by atoms with Crippen molar-refractivity contribution in [2.75, 3.05) is 0 Å². The monoisotopic (exact) mass is 542 g/mol. The fraction of sp³-hybridized carbons (Fsp3) is 1.00. The first-order valence-electron chi connectivity index (χ1n) is 7.39. The summed E-state index contributed by atoms with van der Waals surface area (Å²) in [4.78, 5) is 0. The van der Waals surface area contributed by atoms with Crippen LogP contribution in [0.4, 0.5) is 65.9 Å². The number of hydrogen-bond acceptors (Lipinski definition) is 3. The van der Waals surface area contributed by atoms with E-state index in [2.05, 4.69) is 0 Å². The molecule has 0 saturated heterocycles. The number of rotatable bonds is 12. The van der Waals surface area contributed by atoms with Gasteiger partial charge in [-0.25, -0.2) is 56.7 Å². The molecule has 0 aliphatic carbocycles. The van der Waals surface area contributed by atoms with Crippen molar-refractivity contribution in [3.05, 3.63) is 0 Å². The summed E-state index contributed by atoms with van der Waals surface area (Å²) in [6.45, 7) is 0. The Bertz CT molecular complexity index is 683. The van der Waals surface area contributed by atoms with Crippen LogP contribution in [0, 0.1) is 0 Å². The quantitative estimate of drug-likeness (QED) is 0.211. The molecule has 32 heavy (non-hydrogen) atoms. The Balaban J connectivity index is 0. The molecule has 0 saturated carbocycles. The first-order chi connectivity index (χ1) is 13.6. The molecular weight excluding hydrogens is 532 g/mol. The Morgan fingerprint density at radius 2 is 0.812 bits per heavy atom. The minimum absolute atomic E-state index is 0. The SMILES string of the molecule is O=S(=O)([O-])C(F)C(F)(F)C(F)(F)C(F)C(F)C(F)C(F)C(F)C(F)C(F)C(F)C(F)F.[Na+]. The van der Waals surface area contributed by atoms with Crippen molar-refractivity contribution in [2.24, 2.45) is 0 Å². The van der Waals surface area contributed by atoms with E-state index in [0.717, 1.165) is 0 Å². The van der Waals surface area contributed by atoms with Gasteiger partial charge >= 0.3 is 41.4 Å². The molecule has 0 aliphatic heterocycles. The fourth-order valence-electron chi connectivity index (χ4n) is 1.89. The third kappa shape index (κ3) is 7.18. The molecular formula is C12H10F15NaO3S. The average Bonchev–Trinajstić information content (AvgIpc) is 2.67. The van der Waals surface area contributed by atoms with Crippen LogP contribution in [0.2, 0.25) is 0 Å². The van der Waals surface area contributed by atoms with Crippen LogP contribution in [0.1, 0.15) is 0 Å². The molecule has 0 fully saturated rings. The van der Waals surface area contributed by atoms with Crippen molar-refractivity contribution in [2.45, 2.75) is 73.1 Å². The summed E-state index contributed by atoms with van der Waals surface area (Å²) in [5.41, 5.74) is -5.42. The first kappa shape index (κ1) is 34.0. The van der Waals surface area contributed by atoms with Gasteiger partial charge in [0, 0.05) is 0 Å². The van der Waals surface area contributed by atoms with Gasteiger partial charge in [-0.15, -0.1) is 0 Å². The van der Waals surface area contributed by atoms with Gasteiger partial charge in [-0.1, -0.05) is 0 Å². The summed E-state index contributed by atoms with van der Waals surface area (Å²) in [6.07, 6.45) is -41.2. The number of halogens is 15. The normalized spacial score (nSPS) is 22.2. The van der Waals surface area contributed by atoms with Gasteiger partial charge < -0.3 is 4.55 Å². The third-order valence-corrected chi connectivity index (χ3v) is 4.48. The molecule has 0 heterocycles. The van der Waals surface area contributed by atoms with Crippen molar-refractivity contribution in [1.82, 2.24) is 0 Å². The Kier molecular flexibility index (Phi) is 12.8. The molecule has 0 spiro atoms. The van der Waals surface area contributed by atoms with E-state index in [1.807, 2.05) is 0 Å². The van der Waals surface area contributed by atoms with Gasteiger partial charge in [0.05, 0.1) is 0 Å². The predicted octanol–water partition coefficient (Wildman–Crippen LogP) is 1.07. The van der Waals surface area contributed by atoms with Crippen LogP contribution in [-0.4, -0.2) is 86.1 Å². The maximum atomic E-state index is 13.4. The topological polar surface area (TPSA) is 57.2 Å². The van der Waals surface area contributed by atoms with Crippen LogP contribution in [0.3, 0.4) is 0 Å². The van der Waals surface area contributed by atoms with Crippen molar-refractivity contribution >= 4 is 10.1 Å². The molecule has 0 aromatic carbocycles.